The van der Waals surface area contributed by atoms with E-state index in [4.69, 9.17) is 9.47 Å². The highest BCUT2D eigenvalue weighted by Gasteiger charge is 2.22. The number of morpholine rings is 1. The Kier molecular flexibility index (Phi) is 6.64. The number of amides is 1. The molecule has 1 aromatic heterocycles. The summed E-state index contributed by atoms with van der Waals surface area (Å²) in [4.78, 5) is 20.0. The maximum absolute atomic E-state index is 13.2. The number of aromatic nitrogens is 2. The summed E-state index contributed by atoms with van der Waals surface area (Å²) in [6, 6.07) is 15.1. The summed E-state index contributed by atoms with van der Waals surface area (Å²) in [5.41, 5.74) is 2.69. The van der Waals surface area contributed by atoms with Crippen molar-refractivity contribution in [3.8, 4) is 5.75 Å². The van der Waals surface area contributed by atoms with Gasteiger partial charge in [0, 0.05) is 44.6 Å². The van der Waals surface area contributed by atoms with E-state index >= 15 is 0 Å². The Morgan fingerprint density at radius 1 is 1.19 bits per heavy atom. The van der Waals surface area contributed by atoms with Crippen LogP contribution >= 0.6 is 0 Å². The van der Waals surface area contributed by atoms with E-state index < -0.39 is 0 Å². The van der Waals surface area contributed by atoms with E-state index in [-0.39, 0.29) is 11.9 Å². The van der Waals surface area contributed by atoms with Crippen molar-refractivity contribution in [1.29, 1.82) is 0 Å². The minimum Gasteiger partial charge on any atom is -0.497 e. The Morgan fingerprint density at radius 2 is 1.97 bits per heavy atom. The molecular weight excluding hydrogens is 392 g/mol. The highest BCUT2D eigenvalue weighted by atomic mass is 16.5. The van der Waals surface area contributed by atoms with Crippen LogP contribution in [-0.2, 0) is 18.3 Å². The zero-order chi connectivity index (χ0) is 21.6. The zero-order valence-corrected chi connectivity index (χ0v) is 18.0. The standard InChI is InChI=1S/C24H28N4O3/c1-27-11-10-25-23(27)22(19-6-8-21(30-2)9-7-19)26-24(29)20-5-3-4-18(16-20)17-28-12-14-31-15-13-28/h3-11,16,22H,12-15,17H2,1-2H3,(H,26,29). The predicted molar refractivity (Wildman–Crippen MR) is 118 cm³/mol. The monoisotopic (exact) mass is 420 g/mol. The molecule has 1 aliphatic rings. The molecular formula is C24H28N4O3. The van der Waals surface area contributed by atoms with Crippen LogP contribution in [0.2, 0.25) is 0 Å². The molecule has 1 fully saturated rings. The summed E-state index contributed by atoms with van der Waals surface area (Å²) < 4.78 is 12.6. The summed E-state index contributed by atoms with van der Waals surface area (Å²) in [5.74, 6) is 1.40. The SMILES string of the molecule is COc1ccc(C(NC(=O)c2cccc(CN3CCOCC3)c2)c2nccn2C)cc1. The number of imidazole rings is 1. The Hall–Kier alpha value is -3.16. The van der Waals surface area contributed by atoms with Crippen molar-refractivity contribution in [3.05, 3.63) is 83.4 Å². The van der Waals surface area contributed by atoms with Crippen LogP contribution in [0.5, 0.6) is 5.75 Å². The van der Waals surface area contributed by atoms with E-state index in [1.54, 1.807) is 13.3 Å². The lowest BCUT2D eigenvalue weighted by atomic mass is 10.0. The number of hydrogen-bond acceptors (Lipinski definition) is 5. The molecule has 31 heavy (non-hydrogen) atoms. The van der Waals surface area contributed by atoms with Crippen molar-refractivity contribution in [2.24, 2.45) is 7.05 Å². The van der Waals surface area contributed by atoms with Gasteiger partial charge in [0.2, 0.25) is 0 Å². The Labute approximate surface area is 182 Å². The molecule has 1 amide bonds. The van der Waals surface area contributed by atoms with Gasteiger partial charge >= 0.3 is 0 Å². The highest BCUT2D eigenvalue weighted by molar-refractivity contribution is 5.94. The second-order valence-electron chi connectivity index (χ2n) is 7.66. The molecule has 0 aliphatic carbocycles. The summed E-state index contributed by atoms with van der Waals surface area (Å²) in [6.45, 7) is 4.15. The van der Waals surface area contributed by atoms with Gasteiger partial charge in [0.25, 0.3) is 5.91 Å². The van der Waals surface area contributed by atoms with Crippen LogP contribution in [0.25, 0.3) is 0 Å². The fourth-order valence-electron chi connectivity index (χ4n) is 3.79. The predicted octanol–water partition coefficient (Wildman–Crippen LogP) is 2.78. The number of methoxy groups -OCH3 is 1. The summed E-state index contributed by atoms with van der Waals surface area (Å²) >= 11 is 0. The number of aryl methyl sites for hydroxylation is 1. The summed E-state index contributed by atoms with van der Waals surface area (Å²) in [6.07, 6.45) is 3.61. The average molecular weight is 421 g/mol. The zero-order valence-electron chi connectivity index (χ0n) is 18.0. The third-order valence-corrected chi connectivity index (χ3v) is 5.54. The third kappa shape index (κ3) is 5.13. The van der Waals surface area contributed by atoms with Gasteiger partial charge < -0.3 is 19.4 Å². The molecule has 1 N–H and O–H groups in total. The van der Waals surface area contributed by atoms with Gasteiger partial charge in [-0.1, -0.05) is 24.3 Å². The first kappa shape index (κ1) is 21.1. The molecule has 1 saturated heterocycles. The van der Waals surface area contributed by atoms with Crippen LogP contribution in [0.1, 0.15) is 33.4 Å². The first-order chi connectivity index (χ1) is 15.1. The van der Waals surface area contributed by atoms with Crippen LogP contribution in [0.15, 0.2) is 60.9 Å². The van der Waals surface area contributed by atoms with Crippen LogP contribution in [0.3, 0.4) is 0 Å². The topological polar surface area (TPSA) is 68.6 Å². The van der Waals surface area contributed by atoms with Gasteiger partial charge in [-0.15, -0.1) is 0 Å². The summed E-state index contributed by atoms with van der Waals surface area (Å²) in [5, 5.41) is 3.16. The molecule has 1 unspecified atom stereocenters. The summed E-state index contributed by atoms with van der Waals surface area (Å²) in [7, 11) is 3.56. The number of carbonyl (C=O) groups is 1. The molecule has 2 aromatic carbocycles. The molecule has 0 radical (unpaired) electrons. The molecule has 0 saturated carbocycles. The van der Waals surface area contributed by atoms with E-state index in [0.29, 0.717) is 5.56 Å². The Balaban J connectivity index is 1.54. The molecule has 2 heterocycles. The molecule has 1 atom stereocenters. The van der Waals surface area contributed by atoms with Crippen LogP contribution in [0.4, 0.5) is 0 Å². The largest absolute Gasteiger partial charge is 0.497 e. The van der Waals surface area contributed by atoms with E-state index in [0.717, 1.165) is 55.5 Å². The molecule has 7 nitrogen and oxygen atoms in total. The number of ether oxygens (including phenoxy) is 2. The van der Waals surface area contributed by atoms with Gasteiger partial charge in [-0.3, -0.25) is 9.69 Å². The molecule has 1 aliphatic heterocycles. The molecule has 0 bridgehead atoms. The smallest absolute Gasteiger partial charge is 0.252 e. The quantitative estimate of drug-likeness (QED) is 0.637. The molecule has 4 rings (SSSR count). The van der Waals surface area contributed by atoms with E-state index in [1.165, 1.54) is 0 Å². The lowest BCUT2D eigenvalue weighted by molar-refractivity contribution is 0.0342. The first-order valence-corrected chi connectivity index (χ1v) is 10.4. The maximum Gasteiger partial charge on any atom is 0.252 e. The van der Waals surface area contributed by atoms with Crippen LogP contribution < -0.4 is 10.1 Å². The Morgan fingerprint density at radius 3 is 2.65 bits per heavy atom. The minimum atomic E-state index is -0.374. The molecule has 0 spiro atoms. The molecule has 3 aromatic rings. The van der Waals surface area contributed by atoms with E-state index in [2.05, 4.69) is 21.3 Å². The van der Waals surface area contributed by atoms with Crippen molar-refractivity contribution in [2.75, 3.05) is 33.4 Å². The fraction of sp³-hybridized carbons (Fsp3) is 0.333. The van der Waals surface area contributed by atoms with Gasteiger partial charge in [-0.2, -0.15) is 0 Å². The maximum atomic E-state index is 13.2. The minimum absolute atomic E-state index is 0.132. The second kappa shape index (κ2) is 9.76. The average Bonchev–Trinajstić information content (AvgIpc) is 3.24. The number of nitrogens with zero attached hydrogens (tertiary/aromatic N) is 3. The van der Waals surface area contributed by atoms with Gasteiger partial charge in [0.1, 0.15) is 17.6 Å². The number of benzene rings is 2. The van der Waals surface area contributed by atoms with Crippen LogP contribution in [0, 0.1) is 0 Å². The van der Waals surface area contributed by atoms with Crippen LogP contribution in [-0.4, -0.2) is 53.8 Å². The number of nitrogens with one attached hydrogen (secondary N) is 1. The van der Waals surface area contributed by atoms with Gasteiger partial charge in [-0.05, 0) is 35.4 Å². The first-order valence-electron chi connectivity index (χ1n) is 10.4. The van der Waals surface area contributed by atoms with Gasteiger partial charge in [0.05, 0.1) is 20.3 Å². The fourth-order valence-corrected chi connectivity index (χ4v) is 3.79. The van der Waals surface area contributed by atoms with Crippen molar-refractivity contribution >= 4 is 5.91 Å². The lowest BCUT2D eigenvalue weighted by Gasteiger charge is -2.26. The molecule has 7 heteroatoms. The normalized spacial score (nSPS) is 15.4. The lowest BCUT2D eigenvalue weighted by Crippen LogP contribution is -2.35. The third-order valence-electron chi connectivity index (χ3n) is 5.54. The van der Waals surface area contributed by atoms with E-state index in [9.17, 15) is 4.79 Å². The van der Waals surface area contributed by atoms with Crippen molar-refractivity contribution in [1.82, 2.24) is 19.8 Å². The van der Waals surface area contributed by atoms with Gasteiger partial charge in [0.15, 0.2) is 0 Å². The Bertz CT molecular complexity index is 1010. The highest BCUT2D eigenvalue weighted by Crippen LogP contribution is 2.23. The molecule has 162 valence electrons. The van der Waals surface area contributed by atoms with Gasteiger partial charge in [-0.25, -0.2) is 4.98 Å². The van der Waals surface area contributed by atoms with Crippen molar-refractivity contribution in [2.45, 2.75) is 12.6 Å². The van der Waals surface area contributed by atoms with Crippen molar-refractivity contribution < 1.29 is 14.3 Å². The number of rotatable bonds is 7. The number of hydrogen-bond donors (Lipinski definition) is 1. The number of carbonyl (C=O) groups excluding carboxylic acids is 1. The van der Waals surface area contributed by atoms with Crippen molar-refractivity contribution in [3.63, 3.8) is 0 Å². The second-order valence-corrected chi connectivity index (χ2v) is 7.66. The van der Waals surface area contributed by atoms with E-state index in [1.807, 2.05) is 60.3 Å².